The van der Waals surface area contributed by atoms with Gasteiger partial charge in [0.25, 0.3) is 0 Å². The molecule has 210 valence electrons. The smallest absolute Gasteiger partial charge is 0.123 e. The number of fused-ring (bicyclic) bond motifs is 11. The SMILES string of the molecule is c1ccc(-n2c3ccccc3c3ccc(N4c5ccccc5-c5cc6ccccc6cc5-n5c4cc4ccccc45)cc32)cc1. The summed E-state index contributed by atoms with van der Waals surface area (Å²) >= 11 is 0. The monoisotopic (exact) mass is 573 g/mol. The molecule has 0 saturated heterocycles. The van der Waals surface area contributed by atoms with Crippen LogP contribution in [-0.4, -0.2) is 9.13 Å². The number of nitrogens with zero attached hydrogens (tertiary/aromatic N) is 3. The van der Waals surface area contributed by atoms with Crippen molar-refractivity contribution in [3.8, 4) is 22.5 Å². The van der Waals surface area contributed by atoms with E-state index in [0.29, 0.717) is 0 Å². The molecule has 0 amide bonds. The minimum atomic E-state index is 1.12. The molecule has 0 saturated carbocycles. The molecule has 3 nitrogen and oxygen atoms in total. The minimum absolute atomic E-state index is 1.12. The number of benzene rings is 7. The van der Waals surface area contributed by atoms with Crippen LogP contribution in [0.5, 0.6) is 0 Å². The van der Waals surface area contributed by atoms with Crippen LogP contribution in [0.3, 0.4) is 0 Å². The lowest BCUT2D eigenvalue weighted by atomic mass is 9.97. The zero-order valence-corrected chi connectivity index (χ0v) is 24.4. The quantitative estimate of drug-likeness (QED) is 0.200. The molecule has 2 aromatic heterocycles. The first kappa shape index (κ1) is 24.4. The van der Waals surface area contributed by atoms with Crippen LogP contribution in [0.25, 0.3) is 66.0 Å². The Bertz CT molecular complexity index is 2600. The number of rotatable bonds is 2. The van der Waals surface area contributed by atoms with Crippen molar-refractivity contribution >= 4 is 60.7 Å². The van der Waals surface area contributed by atoms with E-state index >= 15 is 0 Å². The third-order valence-electron chi connectivity index (χ3n) is 9.39. The van der Waals surface area contributed by atoms with Crippen molar-refractivity contribution in [2.75, 3.05) is 4.90 Å². The standard InChI is InChI=1S/C42H27N3/c1-2-15-31(16-3-1)43-38-20-10-7-17-33(38)35-23-22-32(27-41(35)43)44-39-21-11-8-18-34(39)36-24-28-12-4-5-13-29(28)25-40(36)45-37-19-9-6-14-30(37)26-42(44)45/h1-27H. The lowest BCUT2D eigenvalue weighted by Gasteiger charge is -2.26. The van der Waals surface area contributed by atoms with Crippen LogP contribution in [-0.2, 0) is 0 Å². The van der Waals surface area contributed by atoms with Gasteiger partial charge in [-0.25, -0.2) is 0 Å². The summed E-state index contributed by atoms with van der Waals surface area (Å²) in [6.07, 6.45) is 0. The second-order valence-corrected chi connectivity index (χ2v) is 11.9. The number of hydrogen-bond acceptors (Lipinski definition) is 1. The molecule has 1 aliphatic rings. The minimum Gasteiger partial charge on any atom is -0.309 e. The van der Waals surface area contributed by atoms with Crippen LogP contribution >= 0.6 is 0 Å². The fourth-order valence-electron chi connectivity index (χ4n) is 7.43. The highest BCUT2D eigenvalue weighted by Gasteiger charge is 2.28. The highest BCUT2D eigenvalue weighted by molar-refractivity contribution is 6.11. The Morgan fingerprint density at radius 3 is 1.87 bits per heavy atom. The van der Waals surface area contributed by atoms with Gasteiger partial charge < -0.3 is 4.57 Å². The molecule has 9 aromatic rings. The van der Waals surface area contributed by atoms with E-state index in [1.165, 1.54) is 60.3 Å². The second kappa shape index (κ2) is 9.22. The molecule has 7 aromatic carbocycles. The summed E-state index contributed by atoms with van der Waals surface area (Å²) < 4.78 is 4.85. The highest BCUT2D eigenvalue weighted by Crippen LogP contribution is 2.50. The Morgan fingerprint density at radius 2 is 1.00 bits per heavy atom. The zero-order valence-electron chi connectivity index (χ0n) is 24.4. The molecule has 45 heavy (non-hydrogen) atoms. The third kappa shape index (κ3) is 3.46. The Morgan fingerprint density at radius 1 is 0.333 bits per heavy atom. The number of para-hydroxylation sites is 4. The van der Waals surface area contributed by atoms with Crippen molar-refractivity contribution in [2.24, 2.45) is 0 Å². The first-order chi connectivity index (χ1) is 22.3. The molecule has 0 unspecified atom stereocenters. The Hall–Kier alpha value is -6.06. The van der Waals surface area contributed by atoms with Crippen LogP contribution in [0.1, 0.15) is 0 Å². The van der Waals surface area contributed by atoms with Crippen molar-refractivity contribution < 1.29 is 0 Å². The van der Waals surface area contributed by atoms with Crippen LogP contribution in [0.15, 0.2) is 164 Å². The zero-order chi connectivity index (χ0) is 29.5. The van der Waals surface area contributed by atoms with Crippen LogP contribution < -0.4 is 4.90 Å². The van der Waals surface area contributed by atoms with E-state index in [1.54, 1.807) is 0 Å². The van der Waals surface area contributed by atoms with Gasteiger partial charge >= 0.3 is 0 Å². The van der Waals surface area contributed by atoms with Crippen molar-refractivity contribution in [1.82, 2.24) is 9.13 Å². The summed E-state index contributed by atoms with van der Waals surface area (Å²) in [5.41, 5.74) is 10.7. The molecule has 0 atom stereocenters. The van der Waals surface area contributed by atoms with Gasteiger partial charge in [-0.15, -0.1) is 0 Å². The molecular weight excluding hydrogens is 546 g/mol. The van der Waals surface area contributed by atoms with Gasteiger partial charge in [-0.1, -0.05) is 103 Å². The normalized spacial score (nSPS) is 12.4. The fourth-order valence-corrected chi connectivity index (χ4v) is 7.43. The summed E-state index contributed by atoms with van der Waals surface area (Å²) in [5.74, 6) is 1.12. The molecule has 3 heterocycles. The number of aromatic nitrogens is 2. The molecule has 3 heteroatoms. The molecule has 0 bridgehead atoms. The summed E-state index contributed by atoms with van der Waals surface area (Å²) in [4.78, 5) is 2.45. The molecule has 10 rings (SSSR count). The van der Waals surface area contributed by atoms with E-state index in [1.807, 2.05) is 0 Å². The second-order valence-electron chi connectivity index (χ2n) is 11.9. The highest BCUT2D eigenvalue weighted by atomic mass is 15.3. The van der Waals surface area contributed by atoms with Crippen molar-refractivity contribution in [3.63, 3.8) is 0 Å². The van der Waals surface area contributed by atoms with Crippen LogP contribution in [0, 0.1) is 0 Å². The maximum absolute atomic E-state index is 2.45. The van der Waals surface area contributed by atoms with Crippen molar-refractivity contribution in [1.29, 1.82) is 0 Å². The number of hydrogen-bond donors (Lipinski definition) is 0. The van der Waals surface area contributed by atoms with Crippen LogP contribution in [0.2, 0.25) is 0 Å². The Balaban J connectivity index is 1.33. The molecule has 1 aliphatic heterocycles. The molecule has 0 fully saturated rings. The average Bonchev–Trinajstić information content (AvgIpc) is 3.61. The third-order valence-corrected chi connectivity index (χ3v) is 9.39. The molecule has 0 N–H and O–H groups in total. The van der Waals surface area contributed by atoms with Gasteiger partial charge in [-0.2, -0.15) is 0 Å². The average molecular weight is 574 g/mol. The number of anilines is 3. The van der Waals surface area contributed by atoms with Crippen molar-refractivity contribution in [2.45, 2.75) is 0 Å². The first-order valence-corrected chi connectivity index (χ1v) is 15.5. The Kier molecular flexibility index (Phi) is 5.00. The van der Waals surface area contributed by atoms with E-state index in [4.69, 9.17) is 0 Å². The molecule has 0 aliphatic carbocycles. The van der Waals surface area contributed by atoms with Gasteiger partial charge in [0.05, 0.1) is 27.9 Å². The summed E-state index contributed by atoms with van der Waals surface area (Å²) in [6, 6.07) is 59.7. The molecule has 0 spiro atoms. The molecule has 0 radical (unpaired) electrons. The molecular formula is C42H27N3. The lowest BCUT2D eigenvalue weighted by molar-refractivity contribution is 1.09. The first-order valence-electron chi connectivity index (χ1n) is 15.5. The maximum atomic E-state index is 2.45. The van der Waals surface area contributed by atoms with Gasteiger partial charge in [0.2, 0.25) is 0 Å². The van der Waals surface area contributed by atoms with E-state index < -0.39 is 0 Å². The lowest BCUT2D eigenvalue weighted by Crippen LogP contribution is -2.13. The van der Waals surface area contributed by atoms with E-state index in [0.717, 1.165) is 22.9 Å². The summed E-state index contributed by atoms with van der Waals surface area (Å²) in [5, 5.41) is 6.20. The van der Waals surface area contributed by atoms with Crippen LogP contribution in [0.4, 0.5) is 17.2 Å². The Labute approximate surface area is 260 Å². The van der Waals surface area contributed by atoms with E-state index in [9.17, 15) is 0 Å². The topological polar surface area (TPSA) is 13.1 Å². The van der Waals surface area contributed by atoms with Gasteiger partial charge in [0, 0.05) is 38.7 Å². The van der Waals surface area contributed by atoms with Crippen molar-refractivity contribution in [3.05, 3.63) is 164 Å². The van der Waals surface area contributed by atoms with E-state index in [2.05, 4.69) is 178 Å². The van der Waals surface area contributed by atoms with Gasteiger partial charge in [0.1, 0.15) is 5.82 Å². The fraction of sp³-hybridized carbons (Fsp3) is 0. The largest absolute Gasteiger partial charge is 0.309 e. The van der Waals surface area contributed by atoms with Gasteiger partial charge in [-0.05, 0) is 71.4 Å². The predicted molar refractivity (Wildman–Crippen MR) is 189 cm³/mol. The maximum Gasteiger partial charge on any atom is 0.123 e. The van der Waals surface area contributed by atoms with Gasteiger partial charge in [0.15, 0.2) is 0 Å². The predicted octanol–water partition coefficient (Wildman–Crippen LogP) is 11.3. The summed E-state index contributed by atoms with van der Waals surface area (Å²) in [6.45, 7) is 0. The van der Waals surface area contributed by atoms with Gasteiger partial charge in [-0.3, -0.25) is 9.47 Å². The van der Waals surface area contributed by atoms with E-state index in [-0.39, 0.29) is 0 Å². The summed E-state index contributed by atoms with van der Waals surface area (Å²) in [7, 11) is 0.